The van der Waals surface area contributed by atoms with E-state index < -0.39 is 28.5 Å². The highest BCUT2D eigenvalue weighted by Crippen LogP contribution is 2.23. The van der Waals surface area contributed by atoms with Crippen molar-refractivity contribution >= 4 is 39.1 Å². The maximum atomic E-state index is 14.0. The minimum Gasteiger partial charge on any atom is -0.354 e. The number of nitrogens with zero attached hydrogens (tertiary/aromatic N) is 2. The van der Waals surface area contributed by atoms with E-state index in [4.69, 9.17) is 11.6 Å². The maximum absolute atomic E-state index is 14.0. The summed E-state index contributed by atoms with van der Waals surface area (Å²) in [5.74, 6) is -0.813. The zero-order valence-corrected chi connectivity index (χ0v) is 24.2. The molecule has 3 aromatic carbocycles. The predicted molar refractivity (Wildman–Crippen MR) is 157 cm³/mol. The predicted octanol–water partition coefficient (Wildman–Crippen LogP) is 4.83. The fourth-order valence-electron chi connectivity index (χ4n) is 4.24. The molecule has 0 bridgehead atoms. The molecule has 9 heteroatoms. The first-order chi connectivity index (χ1) is 18.6. The molecular formula is C30H36ClN3O4S. The molecule has 0 radical (unpaired) electrons. The van der Waals surface area contributed by atoms with Crippen molar-refractivity contribution in [2.75, 3.05) is 23.7 Å². The van der Waals surface area contributed by atoms with Gasteiger partial charge in [-0.3, -0.25) is 13.9 Å². The molecule has 0 unspecified atom stereocenters. The summed E-state index contributed by atoms with van der Waals surface area (Å²) >= 11 is 6.46. The van der Waals surface area contributed by atoms with Crippen molar-refractivity contribution in [3.05, 3.63) is 101 Å². The van der Waals surface area contributed by atoms with E-state index in [1.54, 1.807) is 30.3 Å². The number of hydrogen-bond acceptors (Lipinski definition) is 4. The molecule has 1 N–H and O–H groups in total. The third-order valence-electron chi connectivity index (χ3n) is 6.43. The Hall–Kier alpha value is -3.36. The van der Waals surface area contributed by atoms with E-state index in [-0.39, 0.29) is 18.9 Å². The summed E-state index contributed by atoms with van der Waals surface area (Å²) in [5, 5.41) is 3.38. The summed E-state index contributed by atoms with van der Waals surface area (Å²) in [7, 11) is -3.81. The summed E-state index contributed by atoms with van der Waals surface area (Å²) in [6, 6.07) is 22.8. The smallest absolute Gasteiger partial charge is 0.244 e. The second kappa shape index (κ2) is 14.1. The Kier molecular flexibility index (Phi) is 10.9. The molecule has 0 saturated carbocycles. The van der Waals surface area contributed by atoms with E-state index in [2.05, 4.69) is 5.32 Å². The van der Waals surface area contributed by atoms with Crippen LogP contribution in [0.1, 0.15) is 37.0 Å². The van der Waals surface area contributed by atoms with Gasteiger partial charge < -0.3 is 10.2 Å². The topological polar surface area (TPSA) is 86.8 Å². The summed E-state index contributed by atoms with van der Waals surface area (Å²) in [6.45, 7) is 4.00. The molecule has 0 heterocycles. The van der Waals surface area contributed by atoms with Crippen molar-refractivity contribution in [3.63, 3.8) is 0 Å². The Labute approximate surface area is 236 Å². The van der Waals surface area contributed by atoms with Gasteiger partial charge in [-0.15, -0.1) is 0 Å². The van der Waals surface area contributed by atoms with Crippen LogP contribution >= 0.6 is 11.6 Å². The molecule has 0 spiro atoms. The van der Waals surface area contributed by atoms with Crippen LogP contribution in [-0.2, 0) is 39.0 Å². The number of benzene rings is 3. The highest BCUT2D eigenvalue weighted by molar-refractivity contribution is 7.92. The number of amides is 2. The summed E-state index contributed by atoms with van der Waals surface area (Å²) < 4.78 is 26.8. The van der Waals surface area contributed by atoms with Gasteiger partial charge in [0.2, 0.25) is 21.8 Å². The maximum Gasteiger partial charge on any atom is 0.244 e. The zero-order chi connectivity index (χ0) is 28.4. The van der Waals surface area contributed by atoms with Gasteiger partial charge in [-0.05, 0) is 47.7 Å². The van der Waals surface area contributed by atoms with E-state index in [0.29, 0.717) is 22.8 Å². The molecule has 0 saturated heterocycles. The first-order valence-corrected chi connectivity index (χ1v) is 15.3. The van der Waals surface area contributed by atoms with Gasteiger partial charge in [-0.1, -0.05) is 86.1 Å². The summed E-state index contributed by atoms with van der Waals surface area (Å²) in [6.07, 6.45) is 2.87. The molecular weight excluding hydrogens is 534 g/mol. The van der Waals surface area contributed by atoms with Crippen LogP contribution < -0.4 is 9.62 Å². The lowest BCUT2D eigenvalue weighted by molar-refractivity contribution is -0.140. The van der Waals surface area contributed by atoms with E-state index in [9.17, 15) is 18.0 Å². The Morgan fingerprint density at radius 3 is 2.13 bits per heavy atom. The van der Waals surface area contributed by atoms with Crippen LogP contribution in [0.2, 0.25) is 5.02 Å². The van der Waals surface area contributed by atoms with Gasteiger partial charge in [0.05, 0.1) is 11.9 Å². The Bertz CT molecular complexity index is 1350. The monoisotopic (exact) mass is 569 g/mol. The highest BCUT2D eigenvalue weighted by Gasteiger charge is 2.33. The first-order valence-electron chi connectivity index (χ1n) is 13.0. The van der Waals surface area contributed by atoms with E-state index >= 15 is 0 Å². The molecule has 2 amide bonds. The number of anilines is 1. The molecule has 0 aliphatic carbocycles. The van der Waals surface area contributed by atoms with Crippen LogP contribution in [-0.4, -0.2) is 50.5 Å². The number of rotatable bonds is 13. The number of carbonyl (C=O) groups excluding carboxylic acids is 2. The lowest BCUT2D eigenvalue weighted by atomic mass is 10.0. The van der Waals surface area contributed by atoms with Crippen molar-refractivity contribution in [3.8, 4) is 0 Å². The van der Waals surface area contributed by atoms with Crippen molar-refractivity contribution in [1.29, 1.82) is 0 Å². The van der Waals surface area contributed by atoms with Crippen molar-refractivity contribution in [2.45, 2.75) is 45.7 Å². The lowest BCUT2D eigenvalue weighted by Gasteiger charge is -2.33. The third-order valence-corrected chi connectivity index (χ3v) is 7.94. The second-order valence-electron chi connectivity index (χ2n) is 9.40. The van der Waals surface area contributed by atoms with E-state index in [1.165, 1.54) is 4.90 Å². The van der Waals surface area contributed by atoms with Crippen LogP contribution in [0.15, 0.2) is 78.9 Å². The molecule has 39 heavy (non-hydrogen) atoms. The number of halogens is 1. The van der Waals surface area contributed by atoms with Gasteiger partial charge in [0.15, 0.2) is 0 Å². The first kappa shape index (κ1) is 30.2. The van der Waals surface area contributed by atoms with E-state index in [1.807, 2.05) is 62.4 Å². The fraction of sp³-hybridized carbons (Fsp3) is 0.333. The van der Waals surface area contributed by atoms with Crippen molar-refractivity contribution < 1.29 is 18.0 Å². The molecule has 0 fully saturated rings. The molecule has 1 atom stereocenters. The standard InChI is InChI=1S/C30H36ClN3O4S/c1-4-19-32-30(36)28(20-24-11-7-6-8-12-24)33(21-25-13-9-10-14-27(25)31)29(35)22-34(39(3,37)38)26-17-15-23(5-2)16-18-26/h6-18,28H,4-5,19-22H2,1-3H3,(H,32,36)/t28-/m0/s1. The lowest BCUT2D eigenvalue weighted by Crippen LogP contribution is -2.53. The van der Waals surface area contributed by atoms with E-state index in [0.717, 1.165) is 34.5 Å². The molecule has 3 rings (SSSR count). The largest absolute Gasteiger partial charge is 0.354 e. The minimum absolute atomic E-state index is 0.0436. The number of carbonyl (C=O) groups is 2. The average Bonchev–Trinajstić information content (AvgIpc) is 2.93. The van der Waals surface area contributed by atoms with Crippen molar-refractivity contribution in [2.24, 2.45) is 0 Å². The van der Waals surface area contributed by atoms with Gasteiger partial charge in [0.1, 0.15) is 12.6 Å². The van der Waals surface area contributed by atoms with Crippen LogP contribution in [0.4, 0.5) is 5.69 Å². The average molecular weight is 570 g/mol. The van der Waals surface area contributed by atoms with Crippen LogP contribution in [0, 0.1) is 0 Å². The summed E-state index contributed by atoms with van der Waals surface area (Å²) in [4.78, 5) is 28.9. The number of nitrogens with one attached hydrogen (secondary N) is 1. The molecule has 0 aromatic heterocycles. The van der Waals surface area contributed by atoms with Gasteiger partial charge >= 0.3 is 0 Å². The van der Waals surface area contributed by atoms with Gasteiger partial charge in [-0.2, -0.15) is 0 Å². The zero-order valence-electron chi connectivity index (χ0n) is 22.6. The number of hydrogen-bond donors (Lipinski definition) is 1. The fourth-order valence-corrected chi connectivity index (χ4v) is 5.29. The molecule has 0 aliphatic heterocycles. The van der Waals surface area contributed by atoms with Gasteiger partial charge in [0.25, 0.3) is 0 Å². The molecule has 7 nitrogen and oxygen atoms in total. The Morgan fingerprint density at radius 2 is 1.54 bits per heavy atom. The van der Waals surface area contributed by atoms with Crippen LogP contribution in [0.3, 0.4) is 0 Å². The van der Waals surface area contributed by atoms with Gasteiger partial charge in [0, 0.05) is 24.5 Å². The van der Waals surface area contributed by atoms with Crippen LogP contribution in [0.5, 0.6) is 0 Å². The molecule has 0 aliphatic rings. The Balaban J connectivity index is 2.04. The normalized spacial score (nSPS) is 12.0. The second-order valence-corrected chi connectivity index (χ2v) is 11.7. The van der Waals surface area contributed by atoms with Crippen molar-refractivity contribution in [1.82, 2.24) is 10.2 Å². The Morgan fingerprint density at radius 1 is 0.897 bits per heavy atom. The molecule has 208 valence electrons. The van der Waals surface area contributed by atoms with Gasteiger partial charge in [-0.25, -0.2) is 8.42 Å². The molecule has 3 aromatic rings. The highest BCUT2D eigenvalue weighted by atomic mass is 35.5. The SMILES string of the molecule is CCCNC(=O)[C@H](Cc1ccccc1)N(Cc1ccccc1Cl)C(=O)CN(c1ccc(CC)cc1)S(C)(=O)=O. The number of aryl methyl sites for hydroxylation is 1. The summed E-state index contributed by atoms with van der Waals surface area (Å²) in [5.41, 5.74) is 2.97. The quantitative estimate of drug-likeness (QED) is 0.319. The third kappa shape index (κ3) is 8.57. The number of sulfonamides is 1. The minimum atomic E-state index is -3.81. The van der Waals surface area contributed by atoms with Crippen LogP contribution in [0.25, 0.3) is 0 Å².